The second-order valence-electron chi connectivity index (χ2n) is 8.24. The lowest BCUT2D eigenvalue weighted by atomic mass is 10.1. The number of nitrogens with one attached hydrogen (secondary N) is 1. The molecule has 0 fully saturated rings. The molecule has 0 amide bonds. The number of quaternary nitrogens is 1. The molecule has 2 unspecified atom stereocenters. The van der Waals surface area contributed by atoms with E-state index in [2.05, 4.69) is 43.7 Å². The van der Waals surface area contributed by atoms with Crippen LogP contribution >= 0.6 is 0 Å². The highest BCUT2D eigenvalue weighted by Gasteiger charge is 2.35. The van der Waals surface area contributed by atoms with Crippen molar-refractivity contribution in [2.24, 2.45) is 0 Å². The van der Waals surface area contributed by atoms with E-state index in [9.17, 15) is 5.11 Å². The first-order valence-corrected chi connectivity index (χ1v) is 11.8. The zero-order valence-corrected chi connectivity index (χ0v) is 18.3. The largest absolute Gasteiger partial charge is 0.390 e. The summed E-state index contributed by atoms with van der Waals surface area (Å²) in [7, 11) is 0. The minimum Gasteiger partial charge on any atom is -0.390 e. The molecule has 2 atom stereocenters. The number of rotatable bonds is 18. The third-order valence-electron chi connectivity index (χ3n) is 6.13. The first-order chi connectivity index (χ1) is 13.3. The van der Waals surface area contributed by atoms with Crippen LogP contribution in [0.2, 0.25) is 0 Å². The quantitative estimate of drug-likeness (QED) is 0.167. The number of likely N-dealkylation sites (N-methyl/N-ethyl adjacent to an activating group) is 1. The maximum absolute atomic E-state index is 9.36. The number of hydrogen-bond acceptors (Lipinski definition) is 2. The van der Waals surface area contributed by atoms with E-state index in [1.54, 1.807) is 0 Å². The highest BCUT2D eigenvalue weighted by Crippen LogP contribution is 2.22. The second-order valence-corrected chi connectivity index (χ2v) is 8.24. The van der Waals surface area contributed by atoms with Crippen molar-refractivity contribution in [2.45, 2.75) is 110 Å². The van der Waals surface area contributed by atoms with Crippen molar-refractivity contribution in [3.05, 3.63) is 24.6 Å². The summed E-state index contributed by atoms with van der Waals surface area (Å²) >= 11 is 0. The molecule has 27 heavy (non-hydrogen) atoms. The highest BCUT2D eigenvalue weighted by atomic mass is 16.3. The lowest BCUT2D eigenvalue weighted by Crippen LogP contribution is -2.54. The average Bonchev–Trinajstić information content (AvgIpc) is 3.08. The van der Waals surface area contributed by atoms with Gasteiger partial charge in [0.25, 0.3) is 0 Å². The SMILES string of the molecule is CCCCCCCCCCCC/C=C/CCCC1NC=C[N+]1(CC)CCO. The molecule has 158 valence electrons. The molecule has 0 aromatic carbocycles. The molecular weight excluding hydrogens is 332 g/mol. The van der Waals surface area contributed by atoms with Crippen molar-refractivity contribution in [1.82, 2.24) is 5.32 Å². The van der Waals surface area contributed by atoms with E-state index in [-0.39, 0.29) is 6.61 Å². The van der Waals surface area contributed by atoms with Crippen molar-refractivity contribution >= 4 is 0 Å². The molecule has 0 radical (unpaired) electrons. The zero-order chi connectivity index (χ0) is 19.6. The van der Waals surface area contributed by atoms with Gasteiger partial charge in [0.2, 0.25) is 0 Å². The molecule has 1 heterocycles. The number of aliphatic hydroxyl groups excluding tert-OH is 1. The Hall–Kier alpha value is -0.800. The van der Waals surface area contributed by atoms with Crippen molar-refractivity contribution in [3.63, 3.8) is 0 Å². The molecule has 1 aliphatic heterocycles. The van der Waals surface area contributed by atoms with Gasteiger partial charge in [0, 0.05) is 6.42 Å². The van der Waals surface area contributed by atoms with Crippen LogP contribution in [-0.2, 0) is 0 Å². The van der Waals surface area contributed by atoms with Crippen LogP contribution in [-0.4, -0.2) is 35.5 Å². The van der Waals surface area contributed by atoms with E-state index in [1.165, 1.54) is 89.9 Å². The molecule has 0 bridgehead atoms. The maximum atomic E-state index is 9.36. The normalized spacial score (nSPS) is 22.0. The maximum Gasteiger partial charge on any atom is 0.166 e. The standard InChI is InChI=1S/C24H47N2O/c1-3-5-6-7-8-9-10-11-12-13-14-15-16-17-18-19-24-25-20-21-26(24,4-2)22-23-27/h15-16,20-21,24-25,27H,3-14,17-19,22-23H2,1-2H3/q+1/b16-15+. The van der Waals surface area contributed by atoms with Gasteiger partial charge in [0.15, 0.2) is 6.17 Å². The van der Waals surface area contributed by atoms with E-state index in [1.807, 2.05) is 0 Å². The summed E-state index contributed by atoms with van der Waals surface area (Å²) in [6, 6.07) is 0. The van der Waals surface area contributed by atoms with E-state index < -0.39 is 0 Å². The second kappa shape index (κ2) is 16.2. The fraction of sp³-hybridized carbons (Fsp3) is 0.833. The van der Waals surface area contributed by atoms with Gasteiger partial charge in [-0.05, 0) is 32.6 Å². The van der Waals surface area contributed by atoms with Crippen LogP contribution < -0.4 is 5.32 Å². The highest BCUT2D eigenvalue weighted by molar-refractivity contribution is 4.86. The Labute approximate surface area is 169 Å². The van der Waals surface area contributed by atoms with Gasteiger partial charge in [-0.15, -0.1) is 0 Å². The monoisotopic (exact) mass is 379 g/mol. The van der Waals surface area contributed by atoms with Crippen LogP contribution in [0.5, 0.6) is 0 Å². The molecular formula is C24H47N2O+. The number of allylic oxidation sites excluding steroid dienone is 2. The number of hydrogen-bond donors (Lipinski definition) is 2. The molecule has 0 aromatic heterocycles. The minimum absolute atomic E-state index is 0.259. The third kappa shape index (κ3) is 10.4. The van der Waals surface area contributed by atoms with Gasteiger partial charge < -0.3 is 10.4 Å². The van der Waals surface area contributed by atoms with Gasteiger partial charge in [0.05, 0.1) is 19.4 Å². The minimum atomic E-state index is 0.259. The van der Waals surface area contributed by atoms with Crippen molar-refractivity contribution < 1.29 is 9.59 Å². The third-order valence-corrected chi connectivity index (χ3v) is 6.13. The predicted molar refractivity (Wildman–Crippen MR) is 118 cm³/mol. The van der Waals surface area contributed by atoms with E-state index in [0.717, 1.165) is 17.6 Å². The van der Waals surface area contributed by atoms with Crippen LogP contribution in [0.3, 0.4) is 0 Å². The van der Waals surface area contributed by atoms with Crippen molar-refractivity contribution in [3.8, 4) is 0 Å². The Balaban J connectivity index is 1.94. The van der Waals surface area contributed by atoms with E-state index in [0.29, 0.717) is 6.17 Å². The number of aliphatic hydroxyl groups is 1. The van der Waals surface area contributed by atoms with Gasteiger partial charge in [-0.25, -0.2) is 0 Å². The van der Waals surface area contributed by atoms with Crippen LogP contribution in [0.15, 0.2) is 24.6 Å². The van der Waals surface area contributed by atoms with Gasteiger partial charge >= 0.3 is 0 Å². The molecule has 0 aromatic rings. The molecule has 1 aliphatic rings. The lowest BCUT2D eigenvalue weighted by Gasteiger charge is -2.36. The summed E-state index contributed by atoms with van der Waals surface area (Å²) in [5.41, 5.74) is 0. The number of nitrogens with zero attached hydrogens (tertiary/aromatic N) is 1. The molecule has 2 N–H and O–H groups in total. The zero-order valence-electron chi connectivity index (χ0n) is 18.3. The van der Waals surface area contributed by atoms with Gasteiger partial charge in [-0.1, -0.05) is 76.9 Å². The lowest BCUT2D eigenvalue weighted by molar-refractivity contribution is -0.900. The molecule has 0 spiro atoms. The molecule has 1 rings (SSSR count). The van der Waals surface area contributed by atoms with Crippen molar-refractivity contribution in [2.75, 3.05) is 19.7 Å². The average molecular weight is 380 g/mol. The summed E-state index contributed by atoms with van der Waals surface area (Å²) in [4.78, 5) is 0. The van der Waals surface area contributed by atoms with E-state index in [4.69, 9.17) is 0 Å². The summed E-state index contributed by atoms with van der Waals surface area (Å²) in [6.07, 6.45) is 28.5. The first-order valence-electron chi connectivity index (χ1n) is 11.8. The molecule has 0 aliphatic carbocycles. The predicted octanol–water partition coefficient (Wildman–Crippen LogP) is 6.25. The Morgan fingerprint density at radius 1 is 0.852 bits per heavy atom. The topological polar surface area (TPSA) is 32.3 Å². The summed E-state index contributed by atoms with van der Waals surface area (Å²) in [6.45, 7) is 6.62. The van der Waals surface area contributed by atoms with Gasteiger partial charge in [0.1, 0.15) is 12.7 Å². The Morgan fingerprint density at radius 2 is 1.44 bits per heavy atom. The molecule has 0 saturated heterocycles. The Bertz CT molecular complexity index is 394. The molecule has 0 saturated carbocycles. The summed E-state index contributed by atoms with van der Waals surface area (Å²) < 4.78 is 0.888. The summed E-state index contributed by atoms with van der Waals surface area (Å²) in [5.74, 6) is 0. The fourth-order valence-electron chi connectivity index (χ4n) is 4.21. The Kier molecular flexibility index (Phi) is 14.5. The Morgan fingerprint density at radius 3 is 2.04 bits per heavy atom. The van der Waals surface area contributed by atoms with Gasteiger partial charge in [-0.2, -0.15) is 0 Å². The van der Waals surface area contributed by atoms with Crippen LogP contribution in [0.25, 0.3) is 0 Å². The number of unbranched alkanes of at least 4 members (excludes halogenated alkanes) is 11. The summed E-state index contributed by atoms with van der Waals surface area (Å²) in [5, 5.41) is 12.8. The van der Waals surface area contributed by atoms with Gasteiger partial charge in [-0.3, -0.25) is 4.48 Å². The smallest absolute Gasteiger partial charge is 0.166 e. The molecule has 3 nitrogen and oxygen atoms in total. The molecule has 3 heteroatoms. The van der Waals surface area contributed by atoms with Crippen LogP contribution in [0.4, 0.5) is 0 Å². The van der Waals surface area contributed by atoms with Crippen LogP contribution in [0.1, 0.15) is 104 Å². The fourth-order valence-corrected chi connectivity index (χ4v) is 4.21. The van der Waals surface area contributed by atoms with E-state index >= 15 is 0 Å². The first kappa shape index (κ1) is 24.2. The van der Waals surface area contributed by atoms with Crippen LogP contribution in [0, 0.1) is 0 Å². The van der Waals surface area contributed by atoms with Crippen molar-refractivity contribution in [1.29, 1.82) is 0 Å².